The number of carboxylic acid groups (broad SMARTS) is 1. The molecule has 2 N–H and O–H groups in total. The number of hydrogen-bond donors (Lipinski definition) is 2. The summed E-state index contributed by atoms with van der Waals surface area (Å²) in [4.78, 5) is 23.2. The van der Waals surface area contributed by atoms with Gasteiger partial charge in [-0.15, -0.1) is 0 Å². The van der Waals surface area contributed by atoms with Gasteiger partial charge in [0.05, 0.1) is 18.2 Å². The number of aryl methyl sites for hydroxylation is 2. The van der Waals surface area contributed by atoms with Gasteiger partial charge in [-0.25, -0.2) is 10.2 Å². The first kappa shape index (κ1) is 19.1. The lowest BCUT2D eigenvalue weighted by Crippen LogP contribution is -2.20. The van der Waals surface area contributed by atoms with E-state index in [1.165, 1.54) is 18.3 Å². The van der Waals surface area contributed by atoms with E-state index in [1.54, 1.807) is 24.3 Å². The van der Waals surface area contributed by atoms with Gasteiger partial charge in [0.1, 0.15) is 11.5 Å². The van der Waals surface area contributed by atoms with Gasteiger partial charge in [-0.2, -0.15) is 5.10 Å². The predicted molar refractivity (Wildman–Crippen MR) is 106 cm³/mol. The van der Waals surface area contributed by atoms with Gasteiger partial charge in [0.15, 0.2) is 0 Å². The molecular formula is C22H20N2O4. The van der Waals surface area contributed by atoms with Crippen LogP contribution in [0.3, 0.4) is 0 Å². The van der Waals surface area contributed by atoms with Crippen LogP contribution in [0.1, 0.15) is 32.8 Å². The van der Waals surface area contributed by atoms with E-state index in [9.17, 15) is 9.59 Å². The van der Waals surface area contributed by atoms with Crippen molar-refractivity contribution in [2.24, 2.45) is 5.10 Å². The van der Waals surface area contributed by atoms with Crippen LogP contribution in [0.2, 0.25) is 0 Å². The standard InChI is InChI=1S/C22H20N2O4/c1-14-6-7-15(2)18(10-14)12-21(25)24-23-13-19-8-9-20(28-19)16-4-3-5-17(11-16)22(26)27/h3-11,13H,12H2,1-2H3,(H,24,25)(H,26,27)/b23-13-. The summed E-state index contributed by atoms with van der Waals surface area (Å²) >= 11 is 0. The Labute approximate surface area is 162 Å². The van der Waals surface area contributed by atoms with Crippen LogP contribution in [0.4, 0.5) is 0 Å². The van der Waals surface area contributed by atoms with Crippen LogP contribution in [0.25, 0.3) is 11.3 Å². The predicted octanol–water partition coefficient (Wildman–Crippen LogP) is 3.95. The molecule has 0 aliphatic heterocycles. The maximum atomic E-state index is 12.1. The molecule has 0 saturated carbocycles. The second-order valence-corrected chi connectivity index (χ2v) is 6.49. The molecule has 1 amide bonds. The maximum absolute atomic E-state index is 12.1. The fourth-order valence-corrected chi connectivity index (χ4v) is 2.75. The molecule has 0 spiro atoms. The lowest BCUT2D eigenvalue weighted by Gasteiger charge is -2.05. The lowest BCUT2D eigenvalue weighted by molar-refractivity contribution is -0.120. The van der Waals surface area contributed by atoms with Crippen molar-refractivity contribution in [1.29, 1.82) is 0 Å². The number of hydrazone groups is 1. The summed E-state index contributed by atoms with van der Waals surface area (Å²) in [6.45, 7) is 3.95. The molecule has 3 aromatic rings. The van der Waals surface area contributed by atoms with Crippen molar-refractivity contribution in [3.8, 4) is 11.3 Å². The molecule has 2 aromatic carbocycles. The topological polar surface area (TPSA) is 91.9 Å². The number of furan rings is 1. The fourth-order valence-electron chi connectivity index (χ4n) is 2.75. The van der Waals surface area contributed by atoms with Crippen molar-refractivity contribution in [3.63, 3.8) is 0 Å². The number of carboxylic acids is 1. The number of amides is 1. The molecule has 0 aliphatic carbocycles. The van der Waals surface area contributed by atoms with Gasteiger partial charge in [0, 0.05) is 5.56 Å². The first-order valence-corrected chi connectivity index (χ1v) is 8.74. The fraction of sp³-hybridized carbons (Fsp3) is 0.136. The number of carbonyl (C=O) groups is 2. The van der Waals surface area contributed by atoms with Crippen LogP contribution in [0.5, 0.6) is 0 Å². The monoisotopic (exact) mass is 376 g/mol. The molecular weight excluding hydrogens is 356 g/mol. The van der Waals surface area contributed by atoms with Crippen molar-refractivity contribution in [1.82, 2.24) is 5.43 Å². The van der Waals surface area contributed by atoms with Crippen molar-refractivity contribution in [2.45, 2.75) is 20.3 Å². The number of rotatable bonds is 6. The quantitative estimate of drug-likeness (QED) is 0.503. The second kappa shape index (κ2) is 8.35. The SMILES string of the molecule is Cc1ccc(C)c(CC(=O)N/N=C\c2ccc(-c3cccc(C(=O)O)c3)o2)c1. The van der Waals surface area contributed by atoms with Crippen LogP contribution in [-0.4, -0.2) is 23.2 Å². The summed E-state index contributed by atoms with van der Waals surface area (Å²) < 4.78 is 5.65. The normalized spacial score (nSPS) is 10.9. The van der Waals surface area contributed by atoms with Crippen molar-refractivity contribution >= 4 is 18.1 Å². The second-order valence-electron chi connectivity index (χ2n) is 6.49. The molecule has 0 radical (unpaired) electrons. The Balaban J connectivity index is 1.62. The Hall–Kier alpha value is -3.67. The summed E-state index contributed by atoms with van der Waals surface area (Å²) in [5.74, 6) is -0.248. The van der Waals surface area contributed by atoms with Crippen molar-refractivity contribution in [2.75, 3.05) is 0 Å². The molecule has 0 bridgehead atoms. The molecule has 3 rings (SSSR count). The van der Waals surface area contributed by atoms with Gasteiger partial charge in [-0.05, 0) is 49.2 Å². The number of aromatic carboxylic acids is 1. The molecule has 28 heavy (non-hydrogen) atoms. The Morgan fingerprint density at radius 1 is 1.11 bits per heavy atom. The molecule has 6 nitrogen and oxygen atoms in total. The number of benzene rings is 2. The van der Waals surface area contributed by atoms with Crippen molar-refractivity contribution < 1.29 is 19.1 Å². The summed E-state index contributed by atoms with van der Waals surface area (Å²) in [5, 5.41) is 13.0. The molecule has 0 aliphatic rings. The number of nitrogens with one attached hydrogen (secondary N) is 1. The zero-order valence-corrected chi connectivity index (χ0v) is 15.6. The van der Waals surface area contributed by atoms with E-state index in [1.807, 2.05) is 32.0 Å². The highest BCUT2D eigenvalue weighted by molar-refractivity contribution is 5.89. The maximum Gasteiger partial charge on any atom is 0.335 e. The third kappa shape index (κ3) is 4.73. The molecule has 0 unspecified atom stereocenters. The minimum Gasteiger partial charge on any atom is -0.478 e. The van der Waals surface area contributed by atoms with E-state index in [-0.39, 0.29) is 17.9 Å². The van der Waals surface area contributed by atoms with E-state index in [2.05, 4.69) is 10.5 Å². The summed E-state index contributed by atoms with van der Waals surface area (Å²) in [7, 11) is 0. The van der Waals surface area contributed by atoms with Crippen molar-refractivity contribution in [3.05, 3.63) is 82.6 Å². The summed E-state index contributed by atoms with van der Waals surface area (Å²) in [6.07, 6.45) is 1.65. The first-order valence-electron chi connectivity index (χ1n) is 8.74. The van der Waals surface area contributed by atoms with Gasteiger partial charge in [0.2, 0.25) is 5.91 Å². The highest BCUT2D eigenvalue weighted by Gasteiger charge is 2.08. The van der Waals surface area contributed by atoms with Crippen LogP contribution in [0, 0.1) is 13.8 Å². The van der Waals surface area contributed by atoms with Crippen LogP contribution in [-0.2, 0) is 11.2 Å². The Morgan fingerprint density at radius 2 is 1.93 bits per heavy atom. The van der Waals surface area contributed by atoms with E-state index >= 15 is 0 Å². The average Bonchev–Trinajstić information content (AvgIpc) is 3.14. The number of hydrogen-bond acceptors (Lipinski definition) is 4. The average molecular weight is 376 g/mol. The number of carbonyl (C=O) groups excluding carboxylic acids is 1. The van der Waals surface area contributed by atoms with Gasteiger partial charge < -0.3 is 9.52 Å². The van der Waals surface area contributed by atoms with Gasteiger partial charge >= 0.3 is 5.97 Å². The highest BCUT2D eigenvalue weighted by atomic mass is 16.4. The van der Waals surface area contributed by atoms with E-state index < -0.39 is 5.97 Å². The first-order chi connectivity index (χ1) is 13.4. The summed E-state index contributed by atoms with van der Waals surface area (Å²) in [6, 6.07) is 15.9. The Morgan fingerprint density at radius 3 is 2.71 bits per heavy atom. The molecule has 142 valence electrons. The minimum atomic E-state index is -0.998. The largest absolute Gasteiger partial charge is 0.478 e. The third-order valence-electron chi connectivity index (χ3n) is 4.26. The lowest BCUT2D eigenvalue weighted by atomic mass is 10.0. The van der Waals surface area contributed by atoms with Gasteiger partial charge in [-0.3, -0.25) is 4.79 Å². The molecule has 0 fully saturated rings. The minimum absolute atomic E-state index is 0.183. The van der Waals surface area contributed by atoms with Crippen LogP contribution >= 0.6 is 0 Å². The smallest absolute Gasteiger partial charge is 0.335 e. The Kier molecular flexibility index (Phi) is 5.69. The van der Waals surface area contributed by atoms with Crippen LogP contribution < -0.4 is 5.43 Å². The third-order valence-corrected chi connectivity index (χ3v) is 4.26. The zero-order chi connectivity index (χ0) is 20.1. The Bertz CT molecular complexity index is 1050. The molecule has 1 aromatic heterocycles. The molecule has 6 heteroatoms. The van der Waals surface area contributed by atoms with Gasteiger partial charge in [-0.1, -0.05) is 35.9 Å². The molecule has 0 atom stereocenters. The molecule has 0 saturated heterocycles. The summed E-state index contributed by atoms with van der Waals surface area (Å²) in [5.41, 5.74) is 6.45. The van der Waals surface area contributed by atoms with E-state index in [4.69, 9.17) is 9.52 Å². The number of nitrogens with zero attached hydrogens (tertiary/aromatic N) is 1. The zero-order valence-electron chi connectivity index (χ0n) is 15.6. The van der Waals surface area contributed by atoms with Gasteiger partial charge in [0.25, 0.3) is 0 Å². The van der Waals surface area contributed by atoms with E-state index in [0.29, 0.717) is 17.1 Å². The van der Waals surface area contributed by atoms with Crippen LogP contribution in [0.15, 0.2) is 64.1 Å². The van der Waals surface area contributed by atoms with E-state index in [0.717, 1.165) is 16.7 Å². The molecule has 1 heterocycles. The highest BCUT2D eigenvalue weighted by Crippen LogP contribution is 2.22.